The minimum Gasteiger partial charge on any atom is -0.480 e. The van der Waals surface area contributed by atoms with Crippen molar-refractivity contribution < 1.29 is 29.4 Å². The Hall–Kier alpha value is -3.66. The van der Waals surface area contributed by atoms with Crippen molar-refractivity contribution in [1.29, 1.82) is 0 Å². The average Bonchev–Trinajstić information content (AvgIpc) is 3.10. The number of nitrogens with one attached hydrogen (secondary N) is 2. The lowest BCUT2D eigenvalue weighted by Gasteiger charge is -2.36. The lowest BCUT2D eigenvalue weighted by molar-refractivity contribution is -0.144. The number of hydrogen-bond acceptors (Lipinski definition) is 5. The van der Waals surface area contributed by atoms with Gasteiger partial charge >= 0.3 is 11.9 Å². The summed E-state index contributed by atoms with van der Waals surface area (Å²) >= 11 is 0. The highest BCUT2D eigenvalue weighted by molar-refractivity contribution is 6.03. The number of amides is 2. The van der Waals surface area contributed by atoms with E-state index in [4.69, 9.17) is 5.11 Å². The van der Waals surface area contributed by atoms with Gasteiger partial charge in [-0.3, -0.25) is 19.3 Å². The van der Waals surface area contributed by atoms with Crippen LogP contribution in [-0.2, 0) is 19.2 Å². The van der Waals surface area contributed by atoms with Crippen LogP contribution in [0.5, 0.6) is 0 Å². The van der Waals surface area contributed by atoms with Gasteiger partial charge in [-0.15, -0.1) is 0 Å². The summed E-state index contributed by atoms with van der Waals surface area (Å²) in [5.74, 6) is -2.85. The second-order valence-electron chi connectivity index (χ2n) is 6.58. The van der Waals surface area contributed by atoms with Crippen molar-refractivity contribution in [2.75, 3.05) is 31.5 Å². The second kappa shape index (κ2) is 8.57. The molecule has 4 N–H and O–H groups in total. The first kappa shape index (κ1) is 20.1. The number of fused-ring (bicyclic) bond motifs is 1. The van der Waals surface area contributed by atoms with Gasteiger partial charge in [0.15, 0.2) is 0 Å². The van der Waals surface area contributed by atoms with E-state index in [1.165, 1.54) is 0 Å². The number of H-pyrrole nitrogens is 1. The maximum Gasteiger partial charge on any atom is 0.328 e. The summed E-state index contributed by atoms with van der Waals surface area (Å²) < 4.78 is 0. The molecule has 1 saturated heterocycles. The van der Waals surface area contributed by atoms with Crippen LogP contribution in [0.4, 0.5) is 5.69 Å². The van der Waals surface area contributed by atoms with Crippen molar-refractivity contribution in [1.82, 2.24) is 14.8 Å². The van der Waals surface area contributed by atoms with Crippen LogP contribution in [0.15, 0.2) is 36.5 Å². The number of piperazine rings is 1. The molecular weight excluding hydrogens is 380 g/mol. The topological polar surface area (TPSA) is 143 Å². The van der Waals surface area contributed by atoms with Crippen LogP contribution >= 0.6 is 0 Å². The molecule has 10 heteroatoms. The summed E-state index contributed by atoms with van der Waals surface area (Å²) in [6.45, 7) is 1.76. The number of carbonyl (C=O) groups is 4. The van der Waals surface area contributed by atoms with E-state index < -0.39 is 23.9 Å². The number of benzene rings is 1. The van der Waals surface area contributed by atoms with Crippen LogP contribution in [-0.4, -0.2) is 75.4 Å². The number of aromatic nitrogens is 1. The van der Waals surface area contributed by atoms with E-state index in [-0.39, 0.29) is 0 Å². The van der Waals surface area contributed by atoms with E-state index in [1.54, 1.807) is 34.2 Å². The van der Waals surface area contributed by atoms with Gasteiger partial charge in [0.05, 0.1) is 0 Å². The van der Waals surface area contributed by atoms with Crippen molar-refractivity contribution in [3.05, 3.63) is 42.1 Å². The maximum absolute atomic E-state index is 12.0. The normalized spacial score (nSPS) is 16.1. The number of rotatable bonds is 7. The largest absolute Gasteiger partial charge is 0.480 e. The zero-order valence-corrected chi connectivity index (χ0v) is 15.4. The van der Waals surface area contributed by atoms with Crippen LogP contribution < -0.4 is 5.32 Å². The highest BCUT2D eigenvalue weighted by atomic mass is 16.4. The zero-order chi connectivity index (χ0) is 21.0. The fourth-order valence-electron chi connectivity index (χ4n) is 3.36. The monoisotopic (exact) mass is 400 g/mol. The van der Waals surface area contributed by atoms with Gasteiger partial charge in [0, 0.05) is 66.7 Å². The van der Waals surface area contributed by atoms with Gasteiger partial charge in [-0.2, -0.15) is 0 Å². The van der Waals surface area contributed by atoms with Crippen LogP contribution in [0.2, 0.25) is 0 Å². The minimum atomic E-state index is -1.23. The Morgan fingerprint density at radius 3 is 2.45 bits per heavy atom. The Morgan fingerprint density at radius 1 is 1.10 bits per heavy atom. The number of anilines is 1. The summed E-state index contributed by atoms with van der Waals surface area (Å²) in [5, 5.41) is 21.6. The van der Waals surface area contributed by atoms with E-state index in [1.807, 2.05) is 0 Å². The van der Waals surface area contributed by atoms with E-state index in [9.17, 15) is 24.3 Å². The van der Waals surface area contributed by atoms with Crippen molar-refractivity contribution in [2.24, 2.45) is 0 Å². The molecule has 10 nitrogen and oxygen atoms in total. The lowest BCUT2D eigenvalue weighted by Crippen LogP contribution is -2.48. The Morgan fingerprint density at radius 2 is 1.83 bits per heavy atom. The molecule has 1 atom stereocenters. The number of aromatic amines is 1. The highest BCUT2D eigenvalue weighted by Crippen LogP contribution is 2.31. The molecular formula is C19H20N4O6. The fraction of sp³-hybridized carbons (Fsp3) is 0.263. The van der Waals surface area contributed by atoms with Crippen LogP contribution in [0.1, 0.15) is 11.6 Å². The molecule has 0 radical (unpaired) electrons. The van der Waals surface area contributed by atoms with E-state index >= 15 is 0 Å². The summed E-state index contributed by atoms with van der Waals surface area (Å²) in [4.78, 5) is 51.7. The molecule has 0 saturated carbocycles. The SMILES string of the molecule is O=CN1CCN(C(C(=O)O)c2c[nH]c3ccc(NC(=O)/C=C/C(=O)O)cc23)CC1. The number of aliphatic carboxylic acids is 2. The van der Waals surface area contributed by atoms with Crippen LogP contribution in [0, 0.1) is 0 Å². The van der Waals surface area contributed by atoms with Crippen molar-refractivity contribution >= 4 is 40.8 Å². The first-order valence-corrected chi connectivity index (χ1v) is 8.88. The molecule has 0 spiro atoms. The van der Waals surface area contributed by atoms with Gasteiger partial charge < -0.3 is 25.4 Å². The number of carboxylic acids is 2. The van der Waals surface area contributed by atoms with Gasteiger partial charge in [-0.05, 0) is 18.2 Å². The molecule has 1 fully saturated rings. The van der Waals surface area contributed by atoms with E-state index in [2.05, 4.69) is 10.3 Å². The molecule has 0 bridgehead atoms. The molecule has 1 aliphatic heterocycles. The number of nitrogens with zero attached hydrogens (tertiary/aromatic N) is 2. The Balaban J connectivity index is 1.87. The molecule has 2 amide bonds. The molecule has 1 aliphatic rings. The van der Waals surface area contributed by atoms with Gasteiger partial charge in [0.25, 0.3) is 0 Å². The van der Waals surface area contributed by atoms with Crippen molar-refractivity contribution in [3.63, 3.8) is 0 Å². The van der Waals surface area contributed by atoms with Crippen molar-refractivity contribution in [2.45, 2.75) is 6.04 Å². The predicted molar refractivity (Wildman–Crippen MR) is 103 cm³/mol. The Bertz CT molecular complexity index is 974. The van der Waals surface area contributed by atoms with Gasteiger partial charge in [-0.1, -0.05) is 0 Å². The summed E-state index contributed by atoms with van der Waals surface area (Å²) in [6.07, 6.45) is 4.02. The Kier molecular flexibility index (Phi) is 5.93. The van der Waals surface area contributed by atoms with Gasteiger partial charge in [0.2, 0.25) is 12.3 Å². The predicted octanol–water partition coefficient (Wildman–Crippen LogP) is 0.647. The third-order valence-electron chi connectivity index (χ3n) is 4.75. The van der Waals surface area contributed by atoms with Crippen LogP contribution in [0.25, 0.3) is 10.9 Å². The number of carbonyl (C=O) groups excluding carboxylic acids is 2. The lowest BCUT2D eigenvalue weighted by atomic mass is 10.0. The summed E-state index contributed by atoms with van der Waals surface area (Å²) in [5.41, 5.74) is 1.66. The number of hydrogen-bond donors (Lipinski definition) is 4. The van der Waals surface area contributed by atoms with E-state index in [0.29, 0.717) is 48.3 Å². The maximum atomic E-state index is 12.0. The smallest absolute Gasteiger partial charge is 0.328 e. The first-order chi connectivity index (χ1) is 13.9. The molecule has 0 aliphatic carbocycles. The van der Waals surface area contributed by atoms with Gasteiger partial charge in [-0.25, -0.2) is 4.79 Å². The molecule has 1 unspecified atom stereocenters. The fourth-order valence-corrected chi connectivity index (χ4v) is 3.36. The number of carboxylic acid groups (broad SMARTS) is 2. The third kappa shape index (κ3) is 4.61. The molecule has 2 heterocycles. The second-order valence-corrected chi connectivity index (χ2v) is 6.58. The average molecular weight is 400 g/mol. The molecule has 3 rings (SSSR count). The summed E-state index contributed by atoms with van der Waals surface area (Å²) in [7, 11) is 0. The molecule has 29 heavy (non-hydrogen) atoms. The molecule has 1 aromatic heterocycles. The molecule has 2 aromatic rings. The standard InChI is InChI=1S/C19H20N4O6/c24-11-22-5-7-23(8-6-22)18(19(28)29)14-10-20-15-2-1-12(9-13(14)15)21-16(25)3-4-17(26)27/h1-4,9-11,18,20H,5-8H2,(H,21,25)(H,26,27)(H,28,29)/b4-3+. The van der Waals surface area contributed by atoms with Crippen molar-refractivity contribution in [3.8, 4) is 0 Å². The third-order valence-corrected chi connectivity index (χ3v) is 4.75. The Labute approximate surface area is 165 Å². The zero-order valence-electron chi connectivity index (χ0n) is 15.4. The van der Waals surface area contributed by atoms with Gasteiger partial charge in [0.1, 0.15) is 6.04 Å². The molecule has 1 aromatic carbocycles. The molecule has 152 valence electrons. The summed E-state index contributed by atoms with van der Waals surface area (Å²) in [6, 6.07) is 4.08. The quantitative estimate of drug-likeness (QED) is 0.395. The minimum absolute atomic E-state index is 0.410. The van der Waals surface area contributed by atoms with Crippen LogP contribution in [0.3, 0.4) is 0 Å². The highest BCUT2D eigenvalue weighted by Gasteiger charge is 2.32. The van der Waals surface area contributed by atoms with E-state index in [0.717, 1.165) is 18.6 Å². The first-order valence-electron chi connectivity index (χ1n) is 8.88.